The van der Waals surface area contributed by atoms with Crippen molar-refractivity contribution in [1.29, 1.82) is 0 Å². The van der Waals surface area contributed by atoms with Gasteiger partial charge in [0.2, 0.25) is 5.91 Å². The van der Waals surface area contributed by atoms with E-state index in [0.29, 0.717) is 6.04 Å². The number of likely N-dealkylation sites (N-methyl/N-ethyl adjacent to an activating group) is 1. The molecule has 1 fully saturated rings. The van der Waals surface area contributed by atoms with Gasteiger partial charge in [0.1, 0.15) is 17.3 Å². The Morgan fingerprint density at radius 3 is 2.33 bits per heavy atom. The first-order chi connectivity index (χ1) is 10.1. The first-order valence-electron chi connectivity index (χ1n) is 7.52. The Hall–Kier alpha value is -1.49. The summed E-state index contributed by atoms with van der Waals surface area (Å²) < 4.78 is 27.0. The van der Waals surface area contributed by atoms with Crippen LogP contribution >= 0.6 is 0 Å². The number of rotatable bonds is 4. The summed E-state index contributed by atoms with van der Waals surface area (Å²) in [6.45, 7) is 0.151. The number of carbonyl (C=O) groups excluding carboxylic acids is 1. The molecule has 0 atom stereocenters. The minimum atomic E-state index is -0.750. The van der Waals surface area contributed by atoms with Crippen LogP contribution in [0.2, 0.25) is 0 Å². The summed E-state index contributed by atoms with van der Waals surface area (Å²) in [6.07, 6.45) is 7.01. The molecule has 116 valence electrons. The fraction of sp³-hybridized carbons (Fsp3) is 0.562. The SMILES string of the molecule is CN(CC(=O)Nc1c(F)cccc1F)C1CCCCCC1. The zero-order chi connectivity index (χ0) is 15.2. The van der Waals surface area contributed by atoms with Gasteiger partial charge < -0.3 is 5.32 Å². The highest BCUT2D eigenvalue weighted by atomic mass is 19.1. The van der Waals surface area contributed by atoms with Crippen LogP contribution in [0.1, 0.15) is 38.5 Å². The normalized spacial score (nSPS) is 16.8. The second-order valence-electron chi connectivity index (χ2n) is 5.71. The summed E-state index contributed by atoms with van der Waals surface area (Å²) >= 11 is 0. The van der Waals surface area contributed by atoms with Gasteiger partial charge in [-0.05, 0) is 32.0 Å². The van der Waals surface area contributed by atoms with Crippen molar-refractivity contribution in [3.63, 3.8) is 0 Å². The van der Waals surface area contributed by atoms with Crippen molar-refractivity contribution in [1.82, 2.24) is 4.90 Å². The molecule has 0 aromatic heterocycles. The van der Waals surface area contributed by atoms with Crippen LogP contribution in [-0.2, 0) is 4.79 Å². The van der Waals surface area contributed by atoms with Crippen molar-refractivity contribution in [3.05, 3.63) is 29.8 Å². The Balaban J connectivity index is 1.91. The molecule has 0 unspecified atom stereocenters. The average molecular weight is 296 g/mol. The Kier molecular flexibility index (Phi) is 5.67. The number of anilines is 1. The molecule has 5 heteroatoms. The lowest BCUT2D eigenvalue weighted by atomic mass is 10.1. The largest absolute Gasteiger partial charge is 0.320 e. The number of halogens is 2. The molecule has 1 aromatic rings. The molecule has 1 aliphatic carbocycles. The Morgan fingerprint density at radius 1 is 1.19 bits per heavy atom. The highest BCUT2D eigenvalue weighted by Crippen LogP contribution is 2.21. The topological polar surface area (TPSA) is 32.3 Å². The summed E-state index contributed by atoms with van der Waals surface area (Å²) in [4.78, 5) is 14.0. The number of para-hydroxylation sites is 1. The molecule has 3 nitrogen and oxygen atoms in total. The smallest absolute Gasteiger partial charge is 0.238 e. The minimum Gasteiger partial charge on any atom is -0.320 e. The maximum atomic E-state index is 13.5. The highest BCUT2D eigenvalue weighted by molar-refractivity contribution is 5.92. The second kappa shape index (κ2) is 7.50. The number of nitrogens with zero attached hydrogens (tertiary/aromatic N) is 1. The Labute approximate surface area is 124 Å². The quantitative estimate of drug-likeness (QED) is 0.862. The number of amides is 1. The maximum absolute atomic E-state index is 13.5. The van der Waals surface area contributed by atoms with Crippen molar-refractivity contribution in [3.8, 4) is 0 Å². The van der Waals surface area contributed by atoms with E-state index >= 15 is 0 Å². The summed E-state index contributed by atoms with van der Waals surface area (Å²) in [5.41, 5.74) is -0.364. The monoisotopic (exact) mass is 296 g/mol. The fourth-order valence-electron chi connectivity index (χ4n) is 2.85. The lowest BCUT2D eigenvalue weighted by Crippen LogP contribution is -2.38. The van der Waals surface area contributed by atoms with Gasteiger partial charge in [-0.15, -0.1) is 0 Å². The molecule has 1 aromatic carbocycles. The van der Waals surface area contributed by atoms with Crippen LogP contribution in [0.15, 0.2) is 18.2 Å². The first-order valence-corrected chi connectivity index (χ1v) is 7.52. The van der Waals surface area contributed by atoms with Crippen molar-refractivity contribution in [2.24, 2.45) is 0 Å². The molecule has 0 bridgehead atoms. The second-order valence-corrected chi connectivity index (χ2v) is 5.71. The first kappa shape index (κ1) is 15.9. The molecule has 1 amide bonds. The predicted molar refractivity (Wildman–Crippen MR) is 79.1 cm³/mol. The summed E-state index contributed by atoms with van der Waals surface area (Å²) in [5, 5.41) is 2.33. The third-order valence-corrected chi connectivity index (χ3v) is 4.07. The van der Waals surface area contributed by atoms with Gasteiger partial charge in [-0.3, -0.25) is 9.69 Å². The molecular formula is C16H22F2N2O. The van der Waals surface area contributed by atoms with Gasteiger partial charge in [0.05, 0.1) is 6.54 Å². The molecule has 21 heavy (non-hydrogen) atoms. The van der Waals surface area contributed by atoms with Gasteiger partial charge in [0, 0.05) is 6.04 Å². The van der Waals surface area contributed by atoms with Crippen LogP contribution in [0, 0.1) is 11.6 Å². The highest BCUT2D eigenvalue weighted by Gasteiger charge is 2.20. The molecule has 1 aliphatic rings. The van der Waals surface area contributed by atoms with Crippen molar-refractivity contribution in [2.45, 2.75) is 44.6 Å². The van der Waals surface area contributed by atoms with E-state index in [9.17, 15) is 13.6 Å². The van der Waals surface area contributed by atoms with Gasteiger partial charge >= 0.3 is 0 Å². The van der Waals surface area contributed by atoms with Crippen LogP contribution in [0.3, 0.4) is 0 Å². The fourth-order valence-corrected chi connectivity index (χ4v) is 2.85. The molecule has 0 spiro atoms. The van der Waals surface area contributed by atoms with E-state index in [-0.39, 0.29) is 18.1 Å². The van der Waals surface area contributed by atoms with Gasteiger partial charge in [0.15, 0.2) is 0 Å². The molecule has 2 rings (SSSR count). The van der Waals surface area contributed by atoms with Gasteiger partial charge in [-0.25, -0.2) is 8.78 Å². The average Bonchev–Trinajstić information content (AvgIpc) is 2.72. The third kappa shape index (κ3) is 4.49. The van der Waals surface area contributed by atoms with Crippen LogP contribution < -0.4 is 5.32 Å². The summed E-state index contributed by atoms with van der Waals surface area (Å²) in [6, 6.07) is 3.92. The number of benzene rings is 1. The molecular weight excluding hydrogens is 274 g/mol. The van der Waals surface area contributed by atoms with Crippen LogP contribution in [0.25, 0.3) is 0 Å². The molecule has 0 aliphatic heterocycles. The maximum Gasteiger partial charge on any atom is 0.238 e. The Bertz CT molecular complexity index is 465. The van der Waals surface area contributed by atoms with E-state index in [0.717, 1.165) is 25.0 Å². The van der Waals surface area contributed by atoms with Crippen molar-refractivity contribution < 1.29 is 13.6 Å². The van der Waals surface area contributed by atoms with E-state index in [2.05, 4.69) is 5.32 Å². The van der Waals surface area contributed by atoms with Crippen molar-refractivity contribution >= 4 is 11.6 Å². The van der Waals surface area contributed by atoms with E-state index in [1.807, 2.05) is 11.9 Å². The summed E-state index contributed by atoms with van der Waals surface area (Å²) in [5.74, 6) is -1.88. The predicted octanol–water partition coefficient (Wildman–Crippen LogP) is 3.56. The third-order valence-electron chi connectivity index (χ3n) is 4.07. The van der Waals surface area contributed by atoms with E-state index in [1.54, 1.807) is 0 Å². The van der Waals surface area contributed by atoms with E-state index < -0.39 is 11.6 Å². The summed E-state index contributed by atoms with van der Waals surface area (Å²) in [7, 11) is 1.90. The Morgan fingerprint density at radius 2 is 1.76 bits per heavy atom. The minimum absolute atomic E-state index is 0.151. The molecule has 1 N–H and O–H groups in total. The lowest BCUT2D eigenvalue weighted by molar-refractivity contribution is -0.117. The van der Waals surface area contributed by atoms with Crippen LogP contribution in [0.4, 0.5) is 14.5 Å². The molecule has 0 radical (unpaired) electrons. The zero-order valence-electron chi connectivity index (χ0n) is 12.4. The van der Waals surface area contributed by atoms with Gasteiger partial charge in [-0.2, -0.15) is 0 Å². The van der Waals surface area contributed by atoms with E-state index in [1.165, 1.54) is 31.7 Å². The number of hydrogen-bond acceptors (Lipinski definition) is 2. The van der Waals surface area contributed by atoms with E-state index in [4.69, 9.17) is 0 Å². The van der Waals surface area contributed by atoms with Gasteiger partial charge in [-0.1, -0.05) is 31.7 Å². The van der Waals surface area contributed by atoms with Gasteiger partial charge in [0.25, 0.3) is 0 Å². The number of hydrogen-bond donors (Lipinski definition) is 1. The molecule has 1 saturated carbocycles. The number of nitrogens with one attached hydrogen (secondary N) is 1. The number of carbonyl (C=O) groups is 1. The molecule has 0 heterocycles. The van der Waals surface area contributed by atoms with Crippen LogP contribution in [-0.4, -0.2) is 30.4 Å². The standard InChI is InChI=1S/C16H22F2N2O/c1-20(12-7-4-2-3-5-8-12)11-15(21)19-16-13(17)9-6-10-14(16)18/h6,9-10,12H,2-5,7-8,11H2,1H3,(H,19,21). The van der Waals surface area contributed by atoms with Crippen molar-refractivity contribution in [2.75, 3.05) is 18.9 Å². The zero-order valence-corrected chi connectivity index (χ0v) is 12.4. The van der Waals surface area contributed by atoms with Crippen LogP contribution in [0.5, 0.6) is 0 Å². The lowest BCUT2D eigenvalue weighted by Gasteiger charge is -2.26. The molecule has 0 saturated heterocycles.